The van der Waals surface area contributed by atoms with Gasteiger partial charge in [-0.2, -0.15) is 0 Å². The van der Waals surface area contributed by atoms with Gasteiger partial charge in [-0.15, -0.1) is 23.7 Å². The Hall–Kier alpha value is -1.11. The number of nitrogens with zero attached hydrogens (tertiary/aromatic N) is 1. The molecular weight excluding hydrogens is 382 g/mol. The van der Waals surface area contributed by atoms with E-state index in [-0.39, 0.29) is 30.3 Å². The van der Waals surface area contributed by atoms with Gasteiger partial charge >= 0.3 is 0 Å². The summed E-state index contributed by atoms with van der Waals surface area (Å²) in [6.45, 7) is 1.69. The molecule has 0 bridgehead atoms. The zero-order valence-corrected chi connectivity index (χ0v) is 17.6. The molecule has 2 aliphatic rings. The Kier molecular flexibility index (Phi) is 9.06. The number of hydrogen-bond donors (Lipinski definition) is 2. The van der Waals surface area contributed by atoms with E-state index in [0.717, 1.165) is 43.5 Å². The second-order valence-electron chi connectivity index (χ2n) is 7.46. The van der Waals surface area contributed by atoms with E-state index in [9.17, 15) is 9.59 Å². The molecule has 3 N–H and O–H groups in total. The molecule has 1 aromatic heterocycles. The van der Waals surface area contributed by atoms with Crippen LogP contribution in [0.25, 0.3) is 0 Å². The molecule has 5 nitrogen and oxygen atoms in total. The zero-order valence-electron chi connectivity index (χ0n) is 16.0. The number of rotatable bonds is 5. The minimum absolute atomic E-state index is 0. The van der Waals surface area contributed by atoms with Crippen LogP contribution in [0.3, 0.4) is 0 Å². The van der Waals surface area contributed by atoms with E-state index in [4.69, 9.17) is 5.73 Å². The second kappa shape index (κ2) is 11.0. The maximum Gasteiger partial charge on any atom is 0.264 e. The smallest absolute Gasteiger partial charge is 0.264 e. The predicted octanol–water partition coefficient (Wildman–Crippen LogP) is 3.29. The number of carbonyl (C=O) groups is 2. The van der Waals surface area contributed by atoms with Gasteiger partial charge in [0.2, 0.25) is 5.91 Å². The van der Waals surface area contributed by atoms with Gasteiger partial charge in [-0.3, -0.25) is 9.59 Å². The third-order valence-corrected chi connectivity index (χ3v) is 6.73. The van der Waals surface area contributed by atoms with Gasteiger partial charge in [0.15, 0.2) is 0 Å². The molecule has 0 radical (unpaired) electrons. The van der Waals surface area contributed by atoms with Crippen LogP contribution in [0.5, 0.6) is 0 Å². The number of nitrogens with one attached hydrogen (secondary N) is 1. The molecule has 1 aromatic rings. The first-order valence-corrected chi connectivity index (χ1v) is 10.9. The van der Waals surface area contributed by atoms with Crippen LogP contribution in [0.2, 0.25) is 0 Å². The molecular formula is C20H32ClN3O2S. The zero-order chi connectivity index (χ0) is 18.4. The number of hydrogen-bond acceptors (Lipinski definition) is 4. The van der Waals surface area contributed by atoms with Crippen molar-refractivity contribution in [2.75, 3.05) is 19.6 Å². The van der Waals surface area contributed by atoms with E-state index in [1.54, 1.807) is 11.3 Å². The summed E-state index contributed by atoms with van der Waals surface area (Å²) in [5.74, 6) is 0.129. The summed E-state index contributed by atoms with van der Waals surface area (Å²) >= 11 is 1.70. The van der Waals surface area contributed by atoms with Gasteiger partial charge in [0, 0.05) is 37.0 Å². The lowest BCUT2D eigenvalue weighted by atomic mass is 9.99. The number of carbonyl (C=O) groups excluding carboxylic acids is 2. The lowest BCUT2D eigenvalue weighted by Gasteiger charge is -2.35. The molecule has 0 aromatic carbocycles. The second-order valence-corrected chi connectivity index (χ2v) is 8.60. The van der Waals surface area contributed by atoms with E-state index in [2.05, 4.69) is 11.4 Å². The average Bonchev–Trinajstić information content (AvgIpc) is 3.02. The van der Waals surface area contributed by atoms with Crippen molar-refractivity contribution in [3.63, 3.8) is 0 Å². The Balaban J connectivity index is 0.00000261. The molecule has 27 heavy (non-hydrogen) atoms. The highest BCUT2D eigenvalue weighted by molar-refractivity contribution is 7.14. The summed E-state index contributed by atoms with van der Waals surface area (Å²) in [5, 5.41) is 2.95. The molecule has 1 aliphatic carbocycles. The predicted molar refractivity (Wildman–Crippen MR) is 113 cm³/mol. The number of fused-ring (bicyclic) bond motifs is 1. The van der Waals surface area contributed by atoms with Gasteiger partial charge in [0.1, 0.15) is 0 Å². The van der Waals surface area contributed by atoms with Crippen molar-refractivity contribution in [2.45, 2.75) is 70.3 Å². The van der Waals surface area contributed by atoms with Gasteiger partial charge < -0.3 is 16.0 Å². The van der Waals surface area contributed by atoms with Crippen LogP contribution in [0.4, 0.5) is 0 Å². The van der Waals surface area contributed by atoms with E-state index in [1.165, 1.54) is 36.1 Å². The highest BCUT2D eigenvalue weighted by Gasteiger charge is 2.29. The van der Waals surface area contributed by atoms with Crippen molar-refractivity contribution < 1.29 is 9.59 Å². The van der Waals surface area contributed by atoms with Crippen LogP contribution >= 0.6 is 23.7 Å². The number of nitrogens with two attached hydrogens (primary N) is 1. The SMILES string of the molecule is Cl.NCCC(=O)NCC1CCCCN1C(=O)c1cc2c(s1)CCCCCC2. The van der Waals surface area contributed by atoms with E-state index in [1.807, 2.05) is 4.90 Å². The van der Waals surface area contributed by atoms with Gasteiger partial charge in [-0.25, -0.2) is 0 Å². The Morgan fingerprint density at radius 3 is 2.70 bits per heavy atom. The van der Waals surface area contributed by atoms with Crippen LogP contribution in [0.1, 0.15) is 71.5 Å². The Morgan fingerprint density at radius 2 is 1.93 bits per heavy atom. The minimum atomic E-state index is -0.0236. The molecule has 1 aliphatic heterocycles. The van der Waals surface area contributed by atoms with Crippen LogP contribution in [0, 0.1) is 0 Å². The van der Waals surface area contributed by atoms with Crippen molar-refractivity contribution in [2.24, 2.45) is 5.73 Å². The molecule has 2 heterocycles. The summed E-state index contributed by atoms with van der Waals surface area (Å²) in [7, 11) is 0. The maximum absolute atomic E-state index is 13.2. The highest BCUT2D eigenvalue weighted by atomic mass is 35.5. The summed E-state index contributed by atoms with van der Waals surface area (Å²) in [5.41, 5.74) is 6.83. The third-order valence-electron chi connectivity index (χ3n) is 5.50. The third kappa shape index (κ3) is 5.93. The van der Waals surface area contributed by atoms with Crippen molar-refractivity contribution in [1.29, 1.82) is 0 Å². The fraction of sp³-hybridized carbons (Fsp3) is 0.700. The highest BCUT2D eigenvalue weighted by Crippen LogP contribution is 2.30. The van der Waals surface area contributed by atoms with Crippen molar-refractivity contribution in [3.8, 4) is 0 Å². The van der Waals surface area contributed by atoms with Crippen molar-refractivity contribution >= 4 is 35.6 Å². The standard InChI is InChI=1S/C20H31N3O2S.ClH/c21-11-10-19(24)22-14-16-8-5-6-12-23(16)20(25)18-13-15-7-3-1-2-4-9-17(15)26-18;/h13,16H,1-12,14,21H2,(H,22,24);1H. The topological polar surface area (TPSA) is 75.4 Å². The van der Waals surface area contributed by atoms with Crippen molar-refractivity contribution in [3.05, 3.63) is 21.4 Å². The van der Waals surface area contributed by atoms with Gasteiger partial charge in [0.05, 0.1) is 4.88 Å². The lowest BCUT2D eigenvalue weighted by molar-refractivity contribution is -0.121. The molecule has 0 spiro atoms. The largest absolute Gasteiger partial charge is 0.354 e. The first-order valence-electron chi connectivity index (χ1n) is 10.1. The summed E-state index contributed by atoms with van der Waals surface area (Å²) < 4.78 is 0. The number of amides is 2. The Morgan fingerprint density at radius 1 is 1.15 bits per heavy atom. The van der Waals surface area contributed by atoms with E-state index < -0.39 is 0 Å². The molecule has 152 valence electrons. The van der Waals surface area contributed by atoms with Gasteiger partial charge in [-0.1, -0.05) is 12.8 Å². The minimum Gasteiger partial charge on any atom is -0.354 e. The molecule has 1 atom stereocenters. The van der Waals surface area contributed by atoms with Crippen LogP contribution < -0.4 is 11.1 Å². The Bertz CT molecular complexity index is 609. The molecule has 1 unspecified atom stereocenters. The van der Waals surface area contributed by atoms with Crippen LogP contribution in [0.15, 0.2) is 6.07 Å². The molecule has 1 saturated heterocycles. The van der Waals surface area contributed by atoms with Gasteiger partial charge in [0.25, 0.3) is 5.91 Å². The fourth-order valence-corrected chi connectivity index (χ4v) is 5.23. The van der Waals surface area contributed by atoms with Crippen LogP contribution in [-0.2, 0) is 17.6 Å². The molecule has 7 heteroatoms. The molecule has 1 fully saturated rings. The first kappa shape index (κ1) is 22.2. The summed E-state index contributed by atoms with van der Waals surface area (Å²) in [6, 6.07) is 2.24. The Labute approximate surface area is 172 Å². The van der Waals surface area contributed by atoms with Crippen LogP contribution in [-0.4, -0.2) is 42.4 Å². The number of thiophene rings is 1. The number of piperidine rings is 1. The van der Waals surface area contributed by atoms with Gasteiger partial charge in [-0.05, 0) is 56.6 Å². The summed E-state index contributed by atoms with van der Waals surface area (Å²) in [6.07, 6.45) is 10.8. The normalized spacial score (nSPS) is 20.0. The fourth-order valence-electron chi connectivity index (χ4n) is 4.02. The quantitative estimate of drug-likeness (QED) is 0.777. The number of halogens is 1. The summed E-state index contributed by atoms with van der Waals surface area (Å²) in [4.78, 5) is 29.2. The number of likely N-dealkylation sites (tertiary alicyclic amines) is 1. The average molecular weight is 414 g/mol. The molecule has 3 rings (SSSR count). The monoisotopic (exact) mass is 413 g/mol. The van der Waals surface area contributed by atoms with E-state index >= 15 is 0 Å². The molecule has 0 saturated carbocycles. The van der Waals surface area contributed by atoms with Crippen molar-refractivity contribution in [1.82, 2.24) is 10.2 Å². The first-order chi connectivity index (χ1) is 12.7. The van der Waals surface area contributed by atoms with E-state index in [0.29, 0.717) is 19.5 Å². The molecule has 2 amide bonds. The maximum atomic E-state index is 13.2. The lowest BCUT2D eigenvalue weighted by Crippen LogP contribution is -2.49. The number of aryl methyl sites for hydroxylation is 2.